The number of aliphatic carboxylic acids is 1. The van der Waals surface area contributed by atoms with Crippen molar-refractivity contribution in [3.8, 4) is 0 Å². The third-order valence-electron chi connectivity index (χ3n) is 4.93. The van der Waals surface area contributed by atoms with Gasteiger partial charge in [0.25, 0.3) is 10.0 Å². The van der Waals surface area contributed by atoms with E-state index in [1.54, 1.807) is 6.07 Å². The van der Waals surface area contributed by atoms with Gasteiger partial charge in [-0.2, -0.15) is 0 Å². The lowest BCUT2D eigenvalue weighted by molar-refractivity contribution is -0.147. The van der Waals surface area contributed by atoms with Crippen molar-refractivity contribution in [1.29, 1.82) is 5.41 Å². The van der Waals surface area contributed by atoms with Gasteiger partial charge in [0, 0.05) is 18.2 Å². The molecule has 0 bridgehead atoms. The Balaban J connectivity index is 2.34. The summed E-state index contributed by atoms with van der Waals surface area (Å²) in [4.78, 5) is 60.9. The number of hydrazine groups is 1. The van der Waals surface area contributed by atoms with Crippen LogP contribution in [0.3, 0.4) is 0 Å². The van der Waals surface area contributed by atoms with Crippen LogP contribution in [0.15, 0.2) is 54.6 Å². The van der Waals surface area contributed by atoms with Gasteiger partial charge in [0.05, 0.1) is 6.42 Å². The summed E-state index contributed by atoms with van der Waals surface area (Å²) in [5.74, 6) is -4.02. The Morgan fingerprint density at radius 1 is 1.00 bits per heavy atom. The van der Waals surface area contributed by atoms with Gasteiger partial charge in [0.15, 0.2) is 5.37 Å². The number of carbonyl (C=O) groups is 5. The molecular weight excluding hydrogens is 536 g/mol. The number of nitrogen functional groups attached to an aromatic ring is 1. The predicted octanol–water partition coefficient (Wildman–Crippen LogP) is -0.488. The van der Waals surface area contributed by atoms with Crippen molar-refractivity contribution in [3.63, 3.8) is 0 Å². The number of amidine groups is 1. The summed E-state index contributed by atoms with van der Waals surface area (Å²) in [5.41, 5.74) is 12.9. The van der Waals surface area contributed by atoms with Crippen LogP contribution in [-0.4, -0.2) is 60.3 Å². The first kappa shape index (κ1) is 30.0. The van der Waals surface area contributed by atoms with Crippen LogP contribution in [0, 0.1) is 5.41 Å². The molecule has 0 heterocycles. The third-order valence-corrected chi connectivity index (χ3v) is 6.42. The van der Waals surface area contributed by atoms with Crippen molar-refractivity contribution < 1.29 is 37.5 Å². The van der Waals surface area contributed by atoms with E-state index in [0.29, 0.717) is 10.6 Å². The van der Waals surface area contributed by atoms with E-state index in [0.717, 1.165) is 6.92 Å². The summed E-state index contributed by atoms with van der Waals surface area (Å²) in [5, 5.41) is 19.7. The number of nitrogens with one attached hydrogen (secondary N) is 5. The highest BCUT2D eigenvalue weighted by molar-refractivity contribution is 7.90. The van der Waals surface area contributed by atoms with Crippen molar-refractivity contribution >= 4 is 51.4 Å². The summed E-state index contributed by atoms with van der Waals surface area (Å²) >= 11 is 0. The normalized spacial score (nSPS) is 12.2. The molecule has 17 heteroatoms. The minimum atomic E-state index is -4.68. The highest BCUT2D eigenvalue weighted by atomic mass is 32.2. The molecule has 39 heavy (non-hydrogen) atoms. The largest absolute Gasteiger partial charge is 0.481 e. The number of amides is 6. The highest BCUT2D eigenvalue weighted by Gasteiger charge is 2.37. The first-order valence-corrected chi connectivity index (χ1v) is 12.5. The number of anilines is 1. The zero-order valence-corrected chi connectivity index (χ0v) is 21.2. The molecule has 6 amide bonds. The van der Waals surface area contributed by atoms with Crippen molar-refractivity contribution in [2.75, 3.05) is 5.32 Å². The zero-order chi connectivity index (χ0) is 29.3. The van der Waals surface area contributed by atoms with Gasteiger partial charge in [-0.3, -0.25) is 19.8 Å². The van der Waals surface area contributed by atoms with Gasteiger partial charge >= 0.3 is 18.0 Å². The third kappa shape index (κ3) is 8.71. The molecule has 0 radical (unpaired) electrons. The maximum Gasteiger partial charge on any atom is 0.338 e. The van der Waals surface area contributed by atoms with E-state index in [9.17, 15) is 37.5 Å². The number of nitrogens with two attached hydrogens (primary N) is 2. The molecule has 1 unspecified atom stereocenters. The molecule has 10 N–H and O–H groups in total. The van der Waals surface area contributed by atoms with Crippen LogP contribution in [0.2, 0.25) is 0 Å². The van der Waals surface area contributed by atoms with Gasteiger partial charge < -0.3 is 27.2 Å². The van der Waals surface area contributed by atoms with E-state index in [1.165, 1.54) is 53.3 Å². The van der Waals surface area contributed by atoms with Crippen LogP contribution in [-0.2, 0) is 24.4 Å². The van der Waals surface area contributed by atoms with E-state index in [4.69, 9.17) is 16.9 Å². The number of nitrogens with zero attached hydrogens (tertiary/aromatic N) is 1. The number of sulfonamides is 1. The molecule has 0 aliphatic carbocycles. The molecule has 0 aromatic heterocycles. The lowest BCUT2D eigenvalue weighted by Crippen LogP contribution is -2.59. The fourth-order valence-electron chi connectivity index (χ4n) is 3.24. The second kappa shape index (κ2) is 12.9. The fraction of sp³-hybridized carbons (Fsp3) is 0.182. The smallest absolute Gasteiger partial charge is 0.338 e. The van der Waals surface area contributed by atoms with Crippen molar-refractivity contribution in [3.05, 3.63) is 65.7 Å². The highest BCUT2D eigenvalue weighted by Crippen LogP contribution is 2.20. The Kier molecular flexibility index (Phi) is 9.90. The quantitative estimate of drug-likeness (QED) is 0.105. The molecule has 0 spiro atoms. The van der Waals surface area contributed by atoms with Crippen molar-refractivity contribution in [2.24, 2.45) is 11.5 Å². The van der Waals surface area contributed by atoms with Crippen LogP contribution in [0.1, 0.15) is 29.8 Å². The van der Waals surface area contributed by atoms with Crippen LogP contribution in [0.25, 0.3) is 0 Å². The zero-order valence-electron chi connectivity index (χ0n) is 20.4. The topological polar surface area (TPSA) is 267 Å². The summed E-state index contributed by atoms with van der Waals surface area (Å²) in [6, 6.07) is 8.31. The molecule has 0 saturated heterocycles. The number of rotatable bonds is 10. The number of carbonyl (C=O) groups excluding carboxylic acids is 4. The molecule has 2 aromatic rings. The Morgan fingerprint density at radius 2 is 1.59 bits per heavy atom. The number of hydrogen-bond acceptors (Lipinski definition) is 8. The minimum Gasteiger partial charge on any atom is -0.481 e. The van der Waals surface area contributed by atoms with E-state index >= 15 is 0 Å². The Hall–Kier alpha value is -5.19. The molecule has 2 atom stereocenters. The predicted molar refractivity (Wildman–Crippen MR) is 137 cm³/mol. The molecule has 0 aliphatic rings. The van der Waals surface area contributed by atoms with Crippen molar-refractivity contribution in [2.45, 2.75) is 24.8 Å². The molecule has 16 nitrogen and oxygen atoms in total. The molecule has 2 aromatic carbocycles. The van der Waals surface area contributed by atoms with E-state index in [1.807, 2.05) is 0 Å². The van der Waals surface area contributed by atoms with E-state index in [2.05, 4.69) is 16.1 Å². The summed E-state index contributed by atoms with van der Waals surface area (Å²) in [6.45, 7) is 0.935. The van der Waals surface area contributed by atoms with Gasteiger partial charge in [-0.25, -0.2) is 33.2 Å². The van der Waals surface area contributed by atoms with Gasteiger partial charge in [-0.15, -0.1) is 0 Å². The Labute approximate surface area is 222 Å². The second-order valence-electron chi connectivity index (χ2n) is 7.87. The number of hydrogen-bond donors (Lipinski definition) is 8. The standard InChI is InChI=1S/C22H26N8O8S/c1-12(31)30(28-22(36)26-15-9-7-13(8-10-15)18(23)24)16(11-17(32)33)19(34)27-20(14-5-3-2-4-6-14)39(37,38)29-21(25)35/h2-10,16,20H,11H2,1H3,(H3,23,24)(H,27,34)(H,32,33)(H3,25,29,35)(H2,26,28,36)/t16-,20?/m0/s1. The van der Waals surface area contributed by atoms with Gasteiger partial charge in [-0.1, -0.05) is 30.3 Å². The van der Waals surface area contributed by atoms with Crippen LogP contribution in [0.5, 0.6) is 0 Å². The Bertz CT molecular complexity index is 1370. The lowest BCUT2D eigenvalue weighted by Gasteiger charge is -2.30. The van der Waals surface area contributed by atoms with E-state index < -0.39 is 57.7 Å². The van der Waals surface area contributed by atoms with E-state index in [-0.39, 0.29) is 17.1 Å². The minimum absolute atomic E-state index is 0.0252. The average molecular weight is 563 g/mol. The lowest BCUT2D eigenvalue weighted by atomic mass is 10.1. The number of benzene rings is 2. The number of urea groups is 2. The first-order chi connectivity index (χ1) is 18.2. The number of carboxylic acids is 1. The maximum absolute atomic E-state index is 13.2. The maximum atomic E-state index is 13.2. The molecule has 2 rings (SSSR count). The molecule has 0 fully saturated rings. The monoisotopic (exact) mass is 562 g/mol. The van der Waals surface area contributed by atoms with Crippen molar-refractivity contribution in [1.82, 2.24) is 20.5 Å². The van der Waals surface area contributed by atoms with Crippen LogP contribution < -0.4 is 32.2 Å². The average Bonchev–Trinajstić information content (AvgIpc) is 2.84. The molecular formula is C22H26N8O8S. The van der Waals surface area contributed by atoms with Gasteiger partial charge in [-0.05, 0) is 29.8 Å². The second-order valence-corrected chi connectivity index (χ2v) is 9.64. The Morgan fingerprint density at radius 3 is 2.08 bits per heavy atom. The number of primary amides is 1. The van der Waals surface area contributed by atoms with Crippen LogP contribution in [0.4, 0.5) is 15.3 Å². The molecule has 0 saturated carbocycles. The van der Waals surface area contributed by atoms with Gasteiger partial charge in [0.2, 0.25) is 11.8 Å². The summed E-state index contributed by atoms with van der Waals surface area (Å²) in [6.07, 6.45) is -1.04. The number of carboxylic acid groups (broad SMARTS) is 1. The van der Waals surface area contributed by atoms with Gasteiger partial charge in [0.1, 0.15) is 11.9 Å². The van der Waals surface area contributed by atoms with Crippen LogP contribution >= 0.6 is 0 Å². The fourth-order valence-corrected chi connectivity index (χ4v) is 4.42. The summed E-state index contributed by atoms with van der Waals surface area (Å²) in [7, 11) is -4.68. The SMILES string of the molecule is CC(=O)N(NC(=O)Nc1ccc(C(=N)N)cc1)[C@@H](CC(=O)O)C(=O)NC(c1ccccc1)S(=O)(=O)NC(N)=O. The first-order valence-electron chi connectivity index (χ1n) is 10.9. The summed E-state index contributed by atoms with van der Waals surface area (Å²) < 4.78 is 27.0. The molecule has 0 aliphatic heterocycles. The molecule has 208 valence electrons.